The molecule has 0 spiro atoms. The van der Waals surface area contributed by atoms with Gasteiger partial charge in [0, 0.05) is 45.4 Å². The van der Waals surface area contributed by atoms with Gasteiger partial charge >= 0.3 is 0 Å². The molecular formula is C15H23ClN6O. The van der Waals surface area contributed by atoms with Gasteiger partial charge in [0.2, 0.25) is 5.91 Å². The Balaban J connectivity index is 0.00000192. The summed E-state index contributed by atoms with van der Waals surface area (Å²) in [6.45, 7) is 3.53. The van der Waals surface area contributed by atoms with E-state index in [0.29, 0.717) is 6.54 Å². The summed E-state index contributed by atoms with van der Waals surface area (Å²) in [5.41, 5.74) is 2.08. The van der Waals surface area contributed by atoms with Crippen LogP contribution >= 0.6 is 12.4 Å². The van der Waals surface area contributed by atoms with Crippen LogP contribution in [0.15, 0.2) is 18.5 Å². The molecule has 1 fully saturated rings. The highest BCUT2D eigenvalue weighted by atomic mass is 35.5. The number of hydrogen-bond acceptors (Lipinski definition) is 4. The van der Waals surface area contributed by atoms with Crippen LogP contribution in [0.5, 0.6) is 0 Å². The predicted molar refractivity (Wildman–Crippen MR) is 90.8 cm³/mol. The lowest BCUT2D eigenvalue weighted by molar-refractivity contribution is -0.119. The number of carbonyl (C=O) groups excluding carboxylic acids is 1. The predicted octanol–water partition coefficient (Wildman–Crippen LogP) is 1.08. The van der Waals surface area contributed by atoms with E-state index in [1.807, 2.05) is 39.5 Å². The van der Waals surface area contributed by atoms with Crippen molar-refractivity contribution in [1.82, 2.24) is 24.9 Å². The van der Waals surface area contributed by atoms with Gasteiger partial charge in [-0.2, -0.15) is 10.2 Å². The minimum Gasteiger partial charge on any atom is -0.315 e. The Hall–Kier alpha value is -1.86. The van der Waals surface area contributed by atoms with Gasteiger partial charge in [-0.15, -0.1) is 12.4 Å². The number of hydrogen-bond donors (Lipinski definition) is 2. The summed E-state index contributed by atoms with van der Waals surface area (Å²) in [5.74, 6) is 0.847. The number of halogens is 1. The van der Waals surface area contributed by atoms with Crippen molar-refractivity contribution in [2.75, 3.05) is 18.4 Å². The fourth-order valence-corrected chi connectivity index (χ4v) is 2.97. The van der Waals surface area contributed by atoms with Gasteiger partial charge < -0.3 is 10.6 Å². The molecule has 1 saturated heterocycles. The van der Waals surface area contributed by atoms with Gasteiger partial charge in [-0.05, 0) is 12.0 Å². The van der Waals surface area contributed by atoms with Gasteiger partial charge in [0.05, 0.1) is 17.8 Å². The molecule has 23 heavy (non-hydrogen) atoms. The van der Waals surface area contributed by atoms with Crippen molar-refractivity contribution in [3.8, 4) is 0 Å². The first-order valence-electron chi connectivity index (χ1n) is 7.61. The fourth-order valence-electron chi connectivity index (χ4n) is 2.97. The first kappa shape index (κ1) is 17.5. The maximum atomic E-state index is 12.6. The fraction of sp³-hybridized carbons (Fsp3) is 0.533. The standard InChI is InChI=1S/C15H22N6O.ClH/c1-4-11-5-14(21(3)19-11)18-15(22)13-8-16-7-12(13)10-6-17-20(2)9-10;/h5-6,9,12-13,16H,4,7-8H2,1-3H3,(H,18,22);1H/t12-,13+;/m1./s1. The molecule has 0 saturated carbocycles. The van der Waals surface area contributed by atoms with Crippen LogP contribution in [0.2, 0.25) is 0 Å². The number of carbonyl (C=O) groups is 1. The molecular weight excluding hydrogens is 316 g/mol. The summed E-state index contributed by atoms with van der Waals surface area (Å²) in [4.78, 5) is 12.6. The molecule has 2 aromatic rings. The van der Waals surface area contributed by atoms with Crippen LogP contribution in [0.25, 0.3) is 0 Å². The molecule has 2 N–H and O–H groups in total. The van der Waals surface area contributed by atoms with Gasteiger partial charge in [-0.1, -0.05) is 6.92 Å². The first-order chi connectivity index (χ1) is 10.6. The van der Waals surface area contributed by atoms with Crippen molar-refractivity contribution in [3.63, 3.8) is 0 Å². The maximum absolute atomic E-state index is 12.6. The van der Waals surface area contributed by atoms with E-state index in [0.717, 1.165) is 30.0 Å². The van der Waals surface area contributed by atoms with Gasteiger partial charge in [0.25, 0.3) is 0 Å². The van der Waals surface area contributed by atoms with Crippen molar-refractivity contribution in [2.45, 2.75) is 19.3 Å². The Labute approximate surface area is 141 Å². The molecule has 0 aromatic carbocycles. The highest BCUT2D eigenvalue weighted by Crippen LogP contribution is 2.28. The van der Waals surface area contributed by atoms with E-state index in [9.17, 15) is 4.79 Å². The lowest BCUT2D eigenvalue weighted by atomic mass is 9.90. The SMILES string of the molecule is CCc1cc(NC(=O)[C@H]2CNC[C@@H]2c2cnn(C)c2)n(C)n1.Cl. The summed E-state index contributed by atoms with van der Waals surface area (Å²) in [6, 6.07) is 1.93. The second kappa shape index (κ2) is 7.14. The molecule has 0 bridgehead atoms. The van der Waals surface area contributed by atoms with E-state index < -0.39 is 0 Å². The van der Waals surface area contributed by atoms with Crippen LogP contribution in [0.3, 0.4) is 0 Å². The summed E-state index contributed by atoms with van der Waals surface area (Å²) < 4.78 is 3.50. The van der Waals surface area contributed by atoms with E-state index in [4.69, 9.17) is 0 Å². The molecule has 8 heteroatoms. The summed E-state index contributed by atoms with van der Waals surface area (Å²) >= 11 is 0. The third-order valence-electron chi connectivity index (χ3n) is 4.25. The highest BCUT2D eigenvalue weighted by Gasteiger charge is 2.35. The number of aromatic nitrogens is 4. The molecule has 2 aromatic heterocycles. The van der Waals surface area contributed by atoms with Crippen LogP contribution in [0, 0.1) is 5.92 Å². The van der Waals surface area contributed by atoms with Crippen LogP contribution in [0.4, 0.5) is 5.82 Å². The lowest BCUT2D eigenvalue weighted by Crippen LogP contribution is -2.28. The van der Waals surface area contributed by atoms with Crippen molar-refractivity contribution >= 4 is 24.1 Å². The number of anilines is 1. The average Bonchev–Trinajstić information content (AvgIpc) is 3.19. The Morgan fingerprint density at radius 3 is 2.83 bits per heavy atom. The zero-order valence-electron chi connectivity index (χ0n) is 13.6. The molecule has 0 unspecified atom stereocenters. The van der Waals surface area contributed by atoms with Crippen molar-refractivity contribution in [3.05, 3.63) is 29.7 Å². The third-order valence-corrected chi connectivity index (χ3v) is 4.25. The molecule has 1 aliphatic rings. The summed E-state index contributed by atoms with van der Waals surface area (Å²) in [5, 5.41) is 14.9. The Morgan fingerprint density at radius 2 is 2.22 bits per heavy atom. The van der Waals surface area contributed by atoms with Crippen LogP contribution in [0.1, 0.15) is 24.1 Å². The summed E-state index contributed by atoms with van der Waals surface area (Å²) in [7, 11) is 3.74. The zero-order valence-corrected chi connectivity index (χ0v) is 14.4. The van der Waals surface area contributed by atoms with Gasteiger partial charge in [-0.3, -0.25) is 14.2 Å². The smallest absolute Gasteiger partial charge is 0.230 e. The van der Waals surface area contributed by atoms with Crippen molar-refractivity contribution in [1.29, 1.82) is 0 Å². The number of nitrogens with zero attached hydrogens (tertiary/aromatic N) is 4. The zero-order chi connectivity index (χ0) is 15.7. The largest absolute Gasteiger partial charge is 0.315 e. The molecule has 3 heterocycles. The second-order valence-corrected chi connectivity index (χ2v) is 5.81. The van der Waals surface area contributed by atoms with E-state index >= 15 is 0 Å². The monoisotopic (exact) mass is 338 g/mol. The molecule has 2 atom stereocenters. The quantitative estimate of drug-likeness (QED) is 0.874. The first-order valence-corrected chi connectivity index (χ1v) is 7.61. The van der Waals surface area contributed by atoms with E-state index in [1.165, 1.54) is 0 Å². The molecule has 3 rings (SSSR count). The third kappa shape index (κ3) is 3.56. The highest BCUT2D eigenvalue weighted by molar-refractivity contribution is 5.93. The topological polar surface area (TPSA) is 76.8 Å². The molecule has 1 aliphatic heterocycles. The van der Waals surface area contributed by atoms with E-state index in [1.54, 1.807) is 9.36 Å². The molecule has 7 nitrogen and oxygen atoms in total. The van der Waals surface area contributed by atoms with Crippen LogP contribution < -0.4 is 10.6 Å². The number of aryl methyl sites for hydroxylation is 3. The van der Waals surface area contributed by atoms with Gasteiger partial charge in [0.15, 0.2) is 0 Å². The van der Waals surface area contributed by atoms with Crippen LogP contribution in [-0.4, -0.2) is 38.6 Å². The number of rotatable bonds is 4. The minimum absolute atomic E-state index is 0. The van der Waals surface area contributed by atoms with E-state index in [-0.39, 0.29) is 30.2 Å². The number of nitrogens with one attached hydrogen (secondary N) is 2. The Morgan fingerprint density at radius 1 is 1.43 bits per heavy atom. The van der Waals surface area contributed by atoms with Gasteiger partial charge in [0.1, 0.15) is 5.82 Å². The summed E-state index contributed by atoms with van der Waals surface area (Å²) in [6.07, 6.45) is 4.68. The Bertz CT molecular complexity index is 679. The molecule has 0 aliphatic carbocycles. The van der Waals surface area contributed by atoms with Crippen molar-refractivity contribution in [2.24, 2.45) is 20.0 Å². The normalized spacial score (nSPS) is 20.3. The van der Waals surface area contributed by atoms with Crippen LogP contribution in [-0.2, 0) is 25.3 Å². The maximum Gasteiger partial charge on any atom is 0.230 e. The average molecular weight is 339 g/mol. The molecule has 1 amide bonds. The second-order valence-electron chi connectivity index (χ2n) is 5.81. The molecule has 126 valence electrons. The molecule has 0 radical (unpaired) electrons. The number of amides is 1. The van der Waals surface area contributed by atoms with Gasteiger partial charge in [-0.25, -0.2) is 0 Å². The Kier molecular flexibility index (Phi) is 5.43. The minimum atomic E-state index is -0.0934. The van der Waals surface area contributed by atoms with Crippen molar-refractivity contribution < 1.29 is 4.79 Å². The van der Waals surface area contributed by atoms with E-state index in [2.05, 4.69) is 20.8 Å². The lowest BCUT2D eigenvalue weighted by Gasteiger charge is -2.16.